The summed E-state index contributed by atoms with van der Waals surface area (Å²) >= 11 is 1.63. The Kier molecular flexibility index (Phi) is 4.25. The summed E-state index contributed by atoms with van der Waals surface area (Å²) < 4.78 is 12.5. The van der Waals surface area contributed by atoms with Crippen LogP contribution in [0.1, 0.15) is 26.3 Å². The molecule has 1 unspecified atom stereocenters. The van der Waals surface area contributed by atoms with Crippen molar-refractivity contribution in [1.29, 1.82) is 0 Å². The Morgan fingerprint density at radius 2 is 2.35 bits per heavy atom. The summed E-state index contributed by atoms with van der Waals surface area (Å²) in [4.78, 5) is 0. The SMILES string of the molecule is CC(C)n1c(N)nnc1SCC1CCOCO1. The number of rotatable bonds is 4. The van der Waals surface area contributed by atoms with Crippen molar-refractivity contribution in [1.82, 2.24) is 14.8 Å². The van der Waals surface area contributed by atoms with Crippen LogP contribution in [0.4, 0.5) is 5.95 Å². The fourth-order valence-corrected chi connectivity index (χ4v) is 2.81. The highest BCUT2D eigenvalue weighted by molar-refractivity contribution is 7.99. The molecule has 6 nitrogen and oxygen atoms in total. The summed E-state index contributed by atoms with van der Waals surface area (Å²) in [6.07, 6.45) is 1.16. The van der Waals surface area contributed by atoms with E-state index in [1.165, 1.54) is 0 Å². The molecule has 2 heterocycles. The molecule has 0 bridgehead atoms. The first-order valence-electron chi connectivity index (χ1n) is 5.71. The molecule has 17 heavy (non-hydrogen) atoms. The van der Waals surface area contributed by atoms with Crippen LogP contribution in [0.2, 0.25) is 0 Å². The van der Waals surface area contributed by atoms with Crippen molar-refractivity contribution in [3.05, 3.63) is 0 Å². The molecule has 1 aromatic heterocycles. The topological polar surface area (TPSA) is 75.2 Å². The number of anilines is 1. The lowest BCUT2D eigenvalue weighted by atomic mass is 10.3. The molecule has 1 aromatic rings. The maximum absolute atomic E-state index is 5.78. The van der Waals surface area contributed by atoms with Gasteiger partial charge >= 0.3 is 0 Å². The molecule has 0 spiro atoms. The third-order valence-corrected chi connectivity index (χ3v) is 3.65. The van der Waals surface area contributed by atoms with Crippen molar-refractivity contribution in [2.24, 2.45) is 0 Å². The van der Waals surface area contributed by atoms with Gasteiger partial charge in [0.1, 0.15) is 6.79 Å². The van der Waals surface area contributed by atoms with Gasteiger partial charge in [-0.25, -0.2) is 0 Å². The van der Waals surface area contributed by atoms with Gasteiger partial charge in [0.05, 0.1) is 12.7 Å². The van der Waals surface area contributed by atoms with Crippen molar-refractivity contribution in [3.63, 3.8) is 0 Å². The van der Waals surface area contributed by atoms with Gasteiger partial charge in [0.15, 0.2) is 5.16 Å². The van der Waals surface area contributed by atoms with Crippen LogP contribution in [-0.4, -0.2) is 40.0 Å². The minimum Gasteiger partial charge on any atom is -0.368 e. The predicted octanol–water partition coefficient (Wildman–Crippen LogP) is 1.30. The van der Waals surface area contributed by atoms with E-state index in [4.69, 9.17) is 15.2 Å². The van der Waals surface area contributed by atoms with Gasteiger partial charge in [0.2, 0.25) is 5.95 Å². The van der Waals surface area contributed by atoms with Crippen molar-refractivity contribution >= 4 is 17.7 Å². The molecule has 0 radical (unpaired) electrons. The smallest absolute Gasteiger partial charge is 0.222 e. The Morgan fingerprint density at radius 1 is 1.53 bits per heavy atom. The first kappa shape index (κ1) is 12.7. The first-order chi connectivity index (χ1) is 8.18. The standard InChI is InChI=1S/C10H18N4O2S/c1-7(2)14-9(11)12-13-10(14)17-5-8-3-4-15-6-16-8/h7-8H,3-6H2,1-2H3,(H2,11,12). The van der Waals surface area contributed by atoms with Crippen molar-refractivity contribution in [2.45, 2.75) is 37.6 Å². The fourth-order valence-electron chi connectivity index (χ4n) is 1.67. The lowest BCUT2D eigenvalue weighted by Crippen LogP contribution is -2.25. The number of nitrogen functional groups attached to an aromatic ring is 1. The third kappa shape index (κ3) is 3.11. The second-order valence-electron chi connectivity index (χ2n) is 4.22. The molecule has 2 rings (SSSR count). The molecule has 0 aliphatic carbocycles. The molecule has 0 aromatic carbocycles. The zero-order chi connectivity index (χ0) is 12.3. The zero-order valence-corrected chi connectivity index (χ0v) is 10.9. The van der Waals surface area contributed by atoms with Crippen LogP contribution >= 0.6 is 11.8 Å². The average molecular weight is 258 g/mol. The highest BCUT2D eigenvalue weighted by atomic mass is 32.2. The highest BCUT2D eigenvalue weighted by Gasteiger charge is 2.18. The summed E-state index contributed by atoms with van der Waals surface area (Å²) in [5.74, 6) is 1.32. The highest BCUT2D eigenvalue weighted by Crippen LogP contribution is 2.24. The van der Waals surface area contributed by atoms with E-state index in [1.807, 2.05) is 4.57 Å². The van der Waals surface area contributed by atoms with Gasteiger partial charge in [0.25, 0.3) is 0 Å². The third-order valence-electron chi connectivity index (χ3n) is 2.58. The van der Waals surface area contributed by atoms with Crippen molar-refractivity contribution in [2.75, 3.05) is 24.9 Å². The lowest BCUT2D eigenvalue weighted by molar-refractivity contribution is -0.130. The van der Waals surface area contributed by atoms with E-state index >= 15 is 0 Å². The quantitative estimate of drug-likeness (QED) is 0.820. The number of hydrogen-bond acceptors (Lipinski definition) is 6. The maximum Gasteiger partial charge on any atom is 0.222 e. The Labute approximate surface area is 105 Å². The summed E-state index contributed by atoms with van der Waals surface area (Å²) in [6, 6.07) is 0.267. The van der Waals surface area contributed by atoms with Gasteiger partial charge in [-0.3, -0.25) is 4.57 Å². The van der Waals surface area contributed by atoms with E-state index in [0.717, 1.165) is 23.9 Å². The van der Waals surface area contributed by atoms with E-state index < -0.39 is 0 Å². The summed E-state index contributed by atoms with van der Waals surface area (Å²) in [7, 11) is 0. The molecular formula is C10H18N4O2S. The van der Waals surface area contributed by atoms with Crippen molar-refractivity contribution in [3.8, 4) is 0 Å². The Balaban J connectivity index is 1.94. The number of nitrogens with two attached hydrogens (primary N) is 1. The number of nitrogens with zero attached hydrogens (tertiary/aromatic N) is 3. The van der Waals surface area contributed by atoms with E-state index in [-0.39, 0.29) is 12.1 Å². The minimum atomic E-state index is 0.229. The maximum atomic E-state index is 5.78. The van der Waals surface area contributed by atoms with E-state index in [0.29, 0.717) is 12.7 Å². The molecule has 1 fully saturated rings. The minimum absolute atomic E-state index is 0.229. The van der Waals surface area contributed by atoms with Gasteiger partial charge < -0.3 is 15.2 Å². The monoisotopic (exact) mass is 258 g/mol. The molecule has 1 atom stereocenters. The predicted molar refractivity (Wildman–Crippen MR) is 65.9 cm³/mol. The number of ether oxygens (including phenoxy) is 2. The van der Waals surface area contributed by atoms with Crippen LogP contribution in [0.15, 0.2) is 5.16 Å². The second-order valence-corrected chi connectivity index (χ2v) is 5.21. The number of aromatic nitrogens is 3. The van der Waals surface area contributed by atoms with Crippen LogP contribution in [0, 0.1) is 0 Å². The van der Waals surface area contributed by atoms with Crippen LogP contribution in [0.25, 0.3) is 0 Å². The van der Waals surface area contributed by atoms with Crippen LogP contribution < -0.4 is 5.73 Å². The molecule has 96 valence electrons. The normalized spacial score (nSPS) is 21.0. The van der Waals surface area contributed by atoms with Gasteiger partial charge in [-0.05, 0) is 20.3 Å². The molecule has 2 N–H and O–H groups in total. The zero-order valence-electron chi connectivity index (χ0n) is 10.1. The van der Waals surface area contributed by atoms with Crippen LogP contribution in [0.3, 0.4) is 0 Å². The van der Waals surface area contributed by atoms with Gasteiger partial charge in [-0.1, -0.05) is 11.8 Å². The van der Waals surface area contributed by atoms with Crippen LogP contribution in [0.5, 0.6) is 0 Å². The fraction of sp³-hybridized carbons (Fsp3) is 0.800. The van der Waals surface area contributed by atoms with Crippen molar-refractivity contribution < 1.29 is 9.47 Å². The molecule has 0 amide bonds. The average Bonchev–Trinajstić information content (AvgIpc) is 2.69. The summed E-state index contributed by atoms with van der Waals surface area (Å²) in [5, 5.41) is 8.85. The largest absolute Gasteiger partial charge is 0.368 e. The first-order valence-corrected chi connectivity index (χ1v) is 6.69. The molecule has 1 aliphatic heterocycles. The van der Waals surface area contributed by atoms with Gasteiger partial charge in [-0.2, -0.15) is 0 Å². The second kappa shape index (κ2) is 5.70. The van der Waals surface area contributed by atoms with E-state index in [2.05, 4.69) is 24.0 Å². The molecular weight excluding hydrogens is 240 g/mol. The molecule has 1 saturated heterocycles. The van der Waals surface area contributed by atoms with E-state index in [9.17, 15) is 0 Å². The lowest BCUT2D eigenvalue weighted by Gasteiger charge is -2.22. The summed E-state index contributed by atoms with van der Waals surface area (Å²) in [5.41, 5.74) is 5.78. The van der Waals surface area contributed by atoms with E-state index in [1.54, 1.807) is 11.8 Å². The Morgan fingerprint density at radius 3 is 3.00 bits per heavy atom. The van der Waals surface area contributed by atoms with Gasteiger partial charge in [0, 0.05) is 11.8 Å². The Bertz CT molecular complexity index is 363. The molecule has 7 heteroatoms. The molecule has 1 aliphatic rings. The Hall–Kier alpha value is -0.790. The number of thioether (sulfide) groups is 1. The summed E-state index contributed by atoms with van der Waals surface area (Å²) in [6.45, 7) is 5.29. The van der Waals surface area contributed by atoms with Gasteiger partial charge in [-0.15, -0.1) is 10.2 Å². The number of hydrogen-bond donors (Lipinski definition) is 1. The molecule has 0 saturated carbocycles. The van der Waals surface area contributed by atoms with Crippen LogP contribution in [-0.2, 0) is 9.47 Å².